The Balaban J connectivity index is 3.22. The maximum absolute atomic E-state index is 13.4. The van der Waals surface area contributed by atoms with Crippen LogP contribution in [0.15, 0.2) is 16.6 Å². The van der Waals surface area contributed by atoms with E-state index in [9.17, 15) is 18.0 Å². The molecule has 0 unspecified atom stereocenters. The molecular weight excluding hydrogens is 277 g/mol. The molecule has 0 heterocycles. The highest BCUT2D eigenvalue weighted by atomic mass is 79.9. The van der Waals surface area contributed by atoms with Crippen LogP contribution < -0.4 is 4.74 Å². The van der Waals surface area contributed by atoms with Crippen molar-refractivity contribution in [2.24, 2.45) is 0 Å². The largest absolute Gasteiger partial charge is 0.432 e. The summed E-state index contributed by atoms with van der Waals surface area (Å²) in [5, 5.41) is 0. The Bertz CT molecular complexity index is 393. The summed E-state index contributed by atoms with van der Waals surface area (Å²) in [6.07, 6.45) is 0. The van der Waals surface area contributed by atoms with E-state index in [1.54, 1.807) is 0 Å². The number of carbonyl (C=O) groups is 1. The molecule has 2 nitrogen and oxygen atoms in total. The van der Waals surface area contributed by atoms with Gasteiger partial charge < -0.3 is 4.74 Å². The third kappa shape index (κ3) is 2.95. The summed E-state index contributed by atoms with van der Waals surface area (Å²) >= 11 is 2.96. The molecule has 1 aromatic carbocycles. The number of ether oxygens (including phenoxy) is 1. The van der Waals surface area contributed by atoms with Crippen LogP contribution in [0.3, 0.4) is 0 Å². The summed E-state index contributed by atoms with van der Waals surface area (Å²) < 4.78 is 41.3. The topological polar surface area (TPSA) is 26.3 Å². The van der Waals surface area contributed by atoms with Crippen LogP contribution in [0.1, 0.15) is 17.3 Å². The number of alkyl halides is 2. The van der Waals surface area contributed by atoms with Crippen molar-refractivity contribution in [1.82, 2.24) is 0 Å². The molecule has 0 N–H and O–H groups in total. The van der Waals surface area contributed by atoms with Crippen LogP contribution in [-0.2, 0) is 0 Å². The van der Waals surface area contributed by atoms with Crippen molar-refractivity contribution >= 4 is 21.7 Å². The fourth-order valence-electron chi connectivity index (χ4n) is 1.00. The lowest BCUT2D eigenvalue weighted by Gasteiger charge is -2.08. The summed E-state index contributed by atoms with van der Waals surface area (Å²) in [6, 6.07) is 2.24. The Kier molecular flexibility index (Phi) is 3.73. The average molecular weight is 283 g/mol. The van der Waals surface area contributed by atoms with Crippen LogP contribution in [0.4, 0.5) is 13.2 Å². The molecule has 0 saturated heterocycles. The van der Waals surface area contributed by atoms with Gasteiger partial charge in [0.15, 0.2) is 17.3 Å². The van der Waals surface area contributed by atoms with Gasteiger partial charge in [-0.2, -0.15) is 8.78 Å². The second-order valence-electron chi connectivity index (χ2n) is 2.70. The standard InChI is InChI=1S/C9H6BrF3O2/c1-4(14)6-2-5(10)3-7(8(6)11)15-9(12)13/h2-3,9H,1H3. The van der Waals surface area contributed by atoms with E-state index in [0.717, 1.165) is 13.0 Å². The molecule has 82 valence electrons. The molecule has 15 heavy (non-hydrogen) atoms. The van der Waals surface area contributed by atoms with Crippen molar-refractivity contribution in [3.63, 3.8) is 0 Å². The van der Waals surface area contributed by atoms with Gasteiger partial charge in [-0.3, -0.25) is 4.79 Å². The van der Waals surface area contributed by atoms with Gasteiger partial charge in [0, 0.05) is 4.47 Å². The smallest absolute Gasteiger partial charge is 0.387 e. The molecule has 0 atom stereocenters. The van der Waals surface area contributed by atoms with E-state index < -0.39 is 24.0 Å². The first-order valence-corrected chi connectivity index (χ1v) is 4.66. The highest BCUT2D eigenvalue weighted by Crippen LogP contribution is 2.27. The van der Waals surface area contributed by atoms with Crippen molar-refractivity contribution < 1.29 is 22.7 Å². The Hall–Kier alpha value is -1.04. The van der Waals surface area contributed by atoms with Crippen LogP contribution in [0.25, 0.3) is 0 Å². The third-order valence-corrected chi connectivity index (χ3v) is 2.06. The van der Waals surface area contributed by atoms with Crippen LogP contribution in [0.5, 0.6) is 5.75 Å². The lowest BCUT2D eigenvalue weighted by atomic mass is 10.1. The molecule has 0 bridgehead atoms. The van der Waals surface area contributed by atoms with Crippen molar-refractivity contribution in [3.05, 3.63) is 28.0 Å². The fraction of sp³-hybridized carbons (Fsp3) is 0.222. The van der Waals surface area contributed by atoms with Crippen LogP contribution in [-0.4, -0.2) is 12.4 Å². The second kappa shape index (κ2) is 4.65. The van der Waals surface area contributed by atoms with E-state index in [-0.39, 0.29) is 5.56 Å². The monoisotopic (exact) mass is 282 g/mol. The van der Waals surface area contributed by atoms with Gasteiger partial charge in [-0.1, -0.05) is 15.9 Å². The number of rotatable bonds is 3. The normalized spacial score (nSPS) is 10.5. The van der Waals surface area contributed by atoms with Gasteiger partial charge in [-0.25, -0.2) is 4.39 Å². The average Bonchev–Trinajstić information content (AvgIpc) is 2.09. The van der Waals surface area contributed by atoms with Gasteiger partial charge in [0.2, 0.25) is 0 Å². The van der Waals surface area contributed by atoms with Crippen LogP contribution in [0.2, 0.25) is 0 Å². The van der Waals surface area contributed by atoms with Gasteiger partial charge in [0.25, 0.3) is 0 Å². The van der Waals surface area contributed by atoms with E-state index in [0.29, 0.717) is 4.47 Å². The molecule has 0 fully saturated rings. The zero-order valence-corrected chi connectivity index (χ0v) is 9.15. The van der Waals surface area contributed by atoms with E-state index >= 15 is 0 Å². The first-order chi connectivity index (χ1) is 6.91. The van der Waals surface area contributed by atoms with Gasteiger partial charge in [0.1, 0.15) is 0 Å². The summed E-state index contributed by atoms with van der Waals surface area (Å²) in [5.74, 6) is -2.29. The maximum Gasteiger partial charge on any atom is 0.387 e. The summed E-state index contributed by atoms with van der Waals surface area (Å²) in [4.78, 5) is 11.0. The first kappa shape index (κ1) is 12.0. The van der Waals surface area contributed by atoms with Crippen molar-refractivity contribution in [3.8, 4) is 5.75 Å². The first-order valence-electron chi connectivity index (χ1n) is 3.86. The van der Waals surface area contributed by atoms with Crippen LogP contribution in [0, 0.1) is 5.82 Å². The summed E-state index contributed by atoms with van der Waals surface area (Å²) in [5.41, 5.74) is -0.292. The quantitative estimate of drug-likeness (QED) is 0.795. The van der Waals surface area contributed by atoms with Gasteiger partial charge in [-0.15, -0.1) is 0 Å². The van der Waals surface area contributed by atoms with E-state index in [4.69, 9.17) is 0 Å². The molecule has 0 saturated carbocycles. The minimum atomic E-state index is -3.13. The predicted octanol–water partition coefficient (Wildman–Crippen LogP) is 3.39. The Morgan fingerprint density at radius 2 is 2.07 bits per heavy atom. The second-order valence-corrected chi connectivity index (χ2v) is 3.62. The fourth-order valence-corrected chi connectivity index (χ4v) is 1.44. The van der Waals surface area contributed by atoms with E-state index in [1.165, 1.54) is 6.07 Å². The molecule has 0 spiro atoms. The molecule has 0 aliphatic rings. The molecular formula is C9H6BrF3O2. The number of hydrogen-bond acceptors (Lipinski definition) is 2. The Morgan fingerprint density at radius 3 is 2.53 bits per heavy atom. The van der Waals surface area contributed by atoms with Gasteiger partial charge >= 0.3 is 6.61 Å². The lowest BCUT2D eigenvalue weighted by molar-refractivity contribution is -0.0523. The third-order valence-electron chi connectivity index (χ3n) is 1.60. The molecule has 0 amide bonds. The summed E-state index contributed by atoms with van der Waals surface area (Å²) in [7, 11) is 0. The Morgan fingerprint density at radius 1 is 1.47 bits per heavy atom. The maximum atomic E-state index is 13.4. The number of halogens is 4. The zero-order chi connectivity index (χ0) is 11.6. The number of Topliss-reactive ketones (excluding diaryl/α,β-unsaturated/α-hetero) is 1. The van der Waals surface area contributed by atoms with Crippen molar-refractivity contribution in [1.29, 1.82) is 0 Å². The minimum Gasteiger partial charge on any atom is -0.432 e. The summed E-state index contributed by atoms with van der Waals surface area (Å²) in [6.45, 7) is -1.99. The predicted molar refractivity (Wildman–Crippen MR) is 50.7 cm³/mol. The van der Waals surface area contributed by atoms with Crippen LogP contribution >= 0.6 is 15.9 Å². The molecule has 1 aromatic rings. The lowest BCUT2D eigenvalue weighted by Crippen LogP contribution is -2.07. The molecule has 0 radical (unpaired) electrons. The molecule has 1 rings (SSSR count). The SMILES string of the molecule is CC(=O)c1cc(Br)cc(OC(F)F)c1F. The Labute approximate surface area is 92.2 Å². The number of carbonyl (C=O) groups excluding carboxylic acids is 1. The molecule has 0 aliphatic heterocycles. The number of ketones is 1. The highest BCUT2D eigenvalue weighted by Gasteiger charge is 2.17. The molecule has 6 heteroatoms. The van der Waals surface area contributed by atoms with Gasteiger partial charge in [0.05, 0.1) is 5.56 Å². The molecule has 0 aliphatic carbocycles. The van der Waals surface area contributed by atoms with E-state index in [2.05, 4.69) is 20.7 Å². The van der Waals surface area contributed by atoms with Crippen molar-refractivity contribution in [2.75, 3.05) is 0 Å². The van der Waals surface area contributed by atoms with E-state index in [1.807, 2.05) is 0 Å². The van der Waals surface area contributed by atoms with Gasteiger partial charge in [-0.05, 0) is 19.1 Å². The highest BCUT2D eigenvalue weighted by molar-refractivity contribution is 9.10. The number of hydrogen-bond donors (Lipinski definition) is 0. The molecule has 0 aromatic heterocycles. The number of benzene rings is 1. The minimum absolute atomic E-state index is 0.292. The zero-order valence-electron chi connectivity index (χ0n) is 7.56. The van der Waals surface area contributed by atoms with Crippen molar-refractivity contribution in [2.45, 2.75) is 13.5 Å².